The average Bonchev–Trinajstić information content (AvgIpc) is 3.02. The average molecular weight is 291 g/mol. The first-order chi connectivity index (χ1) is 10.2. The summed E-state index contributed by atoms with van der Waals surface area (Å²) in [6.45, 7) is 2.13. The van der Waals surface area contributed by atoms with E-state index in [-0.39, 0.29) is 11.7 Å². The van der Waals surface area contributed by atoms with E-state index in [1.165, 1.54) is 30.7 Å². The fourth-order valence-corrected chi connectivity index (χ4v) is 2.29. The van der Waals surface area contributed by atoms with E-state index >= 15 is 0 Å². The summed E-state index contributed by atoms with van der Waals surface area (Å²) in [6, 6.07) is 3.10. The molecule has 1 aliphatic rings. The van der Waals surface area contributed by atoms with Crippen molar-refractivity contribution in [3.05, 3.63) is 35.8 Å². The molecule has 1 amide bonds. The van der Waals surface area contributed by atoms with Crippen LogP contribution in [0.5, 0.6) is 0 Å². The van der Waals surface area contributed by atoms with E-state index < -0.39 is 12.1 Å². The van der Waals surface area contributed by atoms with Crippen LogP contribution in [0.3, 0.4) is 0 Å². The largest absolute Gasteiger partial charge is 0.457 e. The molecule has 5 nitrogen and oxygen atoms in total. The number of nitrogens with one attached hydrogen (secondary N) is 1. The molecule has 114 valence electrons. The minimum atomic E-state index is -0.831. The highest BCUT2D eigenvalue weighted by atomic mass is 16.6. The minimum Gasteiger partial charge on any atom is -0.457 e. The third kappa shape index (κ3) is 4.77. The lowest BCUT2D eigenvalue weighted by Crippen LogP contribution is -2.36. The fourth-order valence-electron chi connectivity index (χ4n) is 2.29. The molecule has 0 bridgehead atoms. The van der Waals surface area contributed by atoms with Crippen LogP contribution in [0.1, 0.15) is 49.6 Å². The Bertz CT molecular complexity index is 504. The van der Waals surface area contributed by atoms with Gasteiger partial charge in [-0.25, -0.2) is 4.79 Å². The van der Waals surface area contributed by atoms with E-state index in [0.717, 1.165) is 19.3 Å². The number of allylic oxidation sites excluding steroid dienone is 1. The second-order valence-corrected chi connectivity index (χ2v) is 5.17. The highest BCUT2D eigenvalue weighted by Crippen LogP contribution is 2.19. The summed E-state index contributed by atoms with van der Waals surface area (Å²) in [4.78, 5) is 23.5. The zero-order valence-corrected chi connectivity index (χ0v) is 12.3. The maximum atomic E-state index is 11.9. The van der Waals surface area contributed by atoms with Gasteiger partial charge >= 0.3 is 5.97 Å². The third-order valence-corrected chi connectivity index (χ3v) is 3.51. The molecule has 1 aromatic rings. The summed E-state index contributed by atoms with van der Waals surface area (Å²) in [5, 5.41) is 2.79. The normalized spacial score (nSPS) is 16.0. The number of amides is 1. The van der Waals surface area contributed by atoms with Crippen LogP contribution < -0.4 is 5.32 Å². The van der Waals surface area contributed by atoms with E-state index in [1.807, 2.05) is 0 Å². The number of carbonyl (C=O) groups excluding carboxylic acids is 2. The molecule has 0 saturated heterocycles. The van der Waals surface area contributed by atoms with Crippen LogP contribution in [-0.4, -0.2) is 24.5 Å². The predicted molar refractivity (Wildman–Crippen MR) is 77.8 cm³/mol. The van der Waals surface area contributed by atoms with Crippen molar-refractivity contribution in [2.75, 3.05) is 6.54 Å². The monoisotopic (exact) mass is 291 g/mol. The van der Waals surface area contributed by atoms with Gasteiger partial charge in [0.15, 0.2) is 6.10 Å². The molecule has 21 heavy (non-hydrogen) atoms. The molecule has 0 aromatic carbocycles. The van der Waals surface area contributed by atoms with Crippen LogP contribution in [0.15, 0.2) is 34.5 Å². The van der Waals surface area contributed by atoms with Crippen LogP contribution in [0.4, 0.5) is 0 Å². The molecule has 1 aliphatic carbocycles. The summed E-state index contributed by atoms with van der Waals surface area (Å²) >= 11 is 0. The van der Waals surface area contributed by atoms with Crippen molar-refractivity contribution in [2.24, 2.45) is 0 Å². The Morgan fingerprint density at radius 2 is 2.29 bits per heavy atom. The molecule has 1 atom stereocenters. The Morgan fingerprint density at radius 3 is 2.95 bits per heavy atom. The molecule has 0 aliphatic heterocycles. The van der Waals surface area contributed by atoms with E-state index in [1.54, 1.807) is 13.0 Å². The summed E-state index contributed by atoms with van der Waals surface area (Å²) in [5.41, 5.74) is 1.40. The highest BCUT2D eigenvalue weighted by Gasteiger charge is 2.20. The van der Waals surface area contributed by atoms with E-state index in [4.69, 9.17) is 9.15 Å². The number of esters is 1. The fraction of sp³-hybridized carbons (Fsp3) is 0.500. The van der Waals surface area contributed by atoms with Gasteiger partial charge in [0.1, 0.15) is 0 Å². The molecule has 0 fully saturated rings. The standard InChI is InChI=1S/C16H21NO4/c1-12(21-16(19)14-8-5-11-20-14)15(18)17-10-9-13-6-3-2-4-7-13/h5-6,8,11-12H,2-4,7,9-10H2,1H3,(H,17,18)/t12-/m0/s1. The molecule has 1 aromatic heterocycles. The molecule has 2 rings (SSSR count). The number of hydrogen-bond donors (Lipinski definition) is 1. The maximum absolute atomic E-state index is 11.9. The van der Waals surface area contributed by atoms with Gasteiger partial charge in [0.2, 0.25) is 5.76 Å². The minimum absolute atomic E-state index is 0.0991. The van der Waals surface area contributed by atoms with Crippen molar-refractivity contribution in [1.82, 2.24) is 5.32 Å². The quantitative estimate of drug-likeness (QED) is 0.646. The second kappa shape index (κ2) is 7.67. The first kappa shape index (κ1) is 15.4. The smallest absolute Gasteiger partial charge is 0.374 e. The van der Waals surface area contributed by atoms with Crippen molar-refractivity contribution >= 4 is 11.9 Å². The van der Waals surface area contributed by atoms with E-state index in [0.29, 0.717) is 6.54 Å². The highest BCUT2D eigenvalue weighted by molar-refractivity contribution is 5.89. The van der Waals surface area contributed by atoms with Crippen LogP contribution in [0, 0.1) is 0 Å². The van der Waals surface area contributed by atoms with Crippen molar-refractivity contribution in [3.63, 3.8) is 0 Å². The topological polar surface area (TPSA) is 68.5 Å². The molecule has 0 radical (unpaired) electrons. The Hall–Kier alpha value is -2.04. The lowest BCUT2D eigenvalue weighted by Gasteiger charge is -2.15. The van der Waals surface area contributed by atoms with E-state index in [9.17, 15) is 9.59 Å². The lowest BCUT2D eigenvalue weighted by atomic mass is 9.97. The SMILES string of the molecule is C[C@H](OC(=O)c1ccco1)C(=O)NCCC1=CCCCC1. The first-order valence-corrected chi connectivity index (χ1v) is 7.37. The van der Waals surface area contributed by atoms with E-state index in [2.05, 4.69) is 11.4 Å². The molecule has 1 N–H and O–H groups in total. The number of carbonyl (C=O) groups is 2. The van der Waals surface area contributed by atoms with Gasteiger partial charge in [-0.05, 0) is 51.2 Å². The molecular weight excluding hydrogens is 270 g/mol. The lowest BCUT2D eigenvalue weighted by molar-refractivity contribution is -0.129. The second-order valence-electron chi connectivity index (χ2n) is 5.17. The zero-order valence-electron chi connectivity index (χ0n) is 12.3. The van der Waals surface area contributed by atoms with Crippen molar-refractivity contribution in [2.45, 2.75) is 45.1 Å². The molecular formula is C16H21NO4. The van der Waals surface area contributed by atoms with Crippen molar-refractivity contribution in [1.29, 1.82) is 0 Å². The molecule has 0 unspecified atom stereocenters. The number of furan rings is 1. The molecule has 0 saturated carbocycles. The van der Waals surface area contributed by atoms with Gasteiger partial charge < -0.3 is 14.5 Å². The first-order valence-electron chi connectivity index (χ1n) is 7.37. The predicted octanol–water partition coefficient (Wildman–Crippen LogP) is 2.83. The van der Waals surface area contributed by atoms with Crippen LogP contribution >= 0.6 is 0 Å². The van der Waals surface area contributed by atoms with Crippen molar-refractivity contribution in [3.8, 4) is 0 Å². The molecule has 1 heterocycles. The summed E-state index contributed by atoms with van der Waals surface area (Å²) in [7, 11) is 0. The maximum Gasteiger partial charge on any atom is 0.374 e. The van der Waals surface area contributed by atoms with Gasteiger partial charge in [-0.2, -0.15) is 0 Å². The Morgan fingerprint density at radius 1 is 1.43 bits per heavy atom. The molecule has 0 spiro atoms. The van der Waals surface area contributed by atoms with Gasteiger partial charge in [0.25, 0.3) is 5.91 Å². The third-order valence-electron chi connectivity index (χ3n) is 3.51. The Kier molecular flexibility index (Phi) is 5.60. The Balaban J connectivity index is 1.70. The number of rotatable bonds is 6. The molecule has 5 heteroatoms. The van der Waals surface area contributed by atoms with Crippen LogP contribution in [-0.2, 0) is 9.53 Å². The van der Waals surface area contributed by atoms with Crippen LogP contribution in [0.2, 0.25) is 0 Å². The van der Waals surface area contributed by atoms with Crippen molar-refractivity contribution < 1.29 is 18.7 Å². The number of ether oxygens (including phenoxy) is 1. The van der Waals surface area contributed by atoms with Gasteiger partial charge in [0.05, 0.1) is 6.26 Å². The van der Waals surface area contributed by atoms with Gasteiger partial charge in [-0.1, -0.05) is 11.6 Å². The van der Waals surface area contributed by atoms with Crippen LogP contribution in [0.25, 0.3) is 0 Å². The van der Waals surface area contributed by atoms with Gasteiger partial charge in [0, 0.05) is 6.54 Å². The van der Waals surface area contributed by atoms with Gasteiger partial charge in [-0.3, -0.25) is 4.79 Å². The zero-order chi connectivity index (χ0) is 15.1. The van der Waals surface area contributed by atoms with Gasteiger partial charge in [-0.15, -0.1) is 0 Å². The summed E-state index contributed by atoms with van der Waals surface area (Å²) in [6.07, 6.45) is 8.44. The number of hydrogen-bond acceptors (Lipinski definition) is 4. The Labute approximate surface area is 124 Å². The summed E-state index contributed by atoms with van der Waals surface area (Å²) < 4.78 is 9.96. The summed E-state index contributed by atoms with van der Waals surface area (Å²) in [5.74, 6) is -0.814.